The van der Waals surface area contributed by atoms with E-state index in [1.807, 2.05) is 0 Å². The highest BCUT2D eigenvalue weighted by Crippen LogP contribution is 2.30. The number of ether oxygens (including phenoxy) is 2. The van der Waals surface area contributed by atoms with Gasteiger partial charge in [0.2, 0.25) is 15.8 Å². The van der Waals surface area contributed by atoms with Crippen LogP contribution in [0, 0.1) is 10.1 Å². The van der Waals surface area contributed by atoms with Crippen molar-refractivity contribution in [3.63, 3.8) is 0 Å². The first-order chi connectivity index (χ1) is 8.83. The van der Waals surface area contributed by atoms with E-state index in [1.165, 1.54) is 25.3 Å². The van der Waals surface area contributed by atoms with Crippen LogP contribution < -0.4 is 14.2 Å². The maximum absolute atomic E-state index is 10.8. The second kappa shape index (κ2) is 6.34. The first-order valence-corrected chi connectivity index (χ1v) is 7.12. The van der Waals surface area contributed by atoms with Crippen LogP contribution in [0.25, 0.3) is 0 Å². The second-order valence-electron chi connectivity index (χ2n) is 3.61. The van der Waals surface area contributed by atoms with Crippen LogP contribution in [0.1, 0.15) is 0 Å². The molecule has 1 rings (SSSR count). The topological polar surface area (TPSA) is 108 Å². The summed E-state index contributed by atoms with van der Waals surface area (Å²) in [6, 6.07) is 4.05. The van der Waals surface area contributed by atoms with Crippen LogP contribution in [-0.4, -0.2) is 39.9 Å². The van der Waals surface area contributed by atoms with Gasteiger partial charge < -0.3 is 9.47 Å². The largest absolute Gasteiger partial charge is 0.492 e. The van der Waals surface area contributed by atoms with Gasteiger partial charge >= 0.3 is 5.69 Å². The zero-order chi connectivity index (χ0) is 14.5. The summed E-state index contributed by atoms with van der Waals surface area (Å²) in [5, 5.41) is 10.7. The highest BCUT2D eigenvalue weighted by atomic mass is 32.2. The first-order valence-electron chi connectivity index (χ1n) is 5.23. The zero-order valence-electron chi connectivity index (χ0n) is 10.5. The Bertz CT molecular complexity index is 557. The van der Waals surface area contributed by atoms with Gasteiger partial charge in [0.1, 0.15) is 12.4 Å². The quantitative estimate of drug-likeness (QED) is 0.446. The average molecular weight is 290 g/mol. The summed E-state index contributed by atoms with van der Waals surface area (Å²) >= 11 is 0. The van der Waals surface area contributed by atoms with Crippen LogP contribution in [0.15, 0.2) is 18.2 Å². The molecule has 106 valence electrons. The van der Waals surface area contributed by atoms with Crippen molar-refractivity contribution in [1.82, 2.24) is 4.72 Å². The van der Waals surface area contributed by atoms with Crippen molar-refractivity contribution in [2.45, 2.75) is 0 Å². The molecule has 0 saturated carbocycles. The number of rotatable bonds is 7. The van der Waals surface area contributed by atoms with E-state index in [9.17, 15) is 18.5 Å². The van der Waals surface area contributed by atoms with E-state index in [1.54, 1.807) is 0 Å². The minimum absolute atomic E-state index is 0.0820. The van der Waals surface area contributed by atoms with Crippen molar-refractivity contribution in [1.29, 1.82) is 0 Å². The fourth-order valence-corrected chi connectivity index (χ4v) is 1.75. The van der Waals surface area contributed by atoms with Gasteiger partial charge in [0.15, 0.2) is 0 Å². The Morgan fingerprint density at radius 3 is 2.63 bits per heavy atom. The normalized spacial score (nSPS) is 11.1. The number of nitro benzene ring substituents is 1. The zero-order valence-corrected chi connectivity index (χ0v) is 11.3. The molecule has 1 aromatic carbocycles. The van der Waals surface area contributed by atoms with E-state index in [-0.39, 0.29) is 24.6 Å². The predicted molar refractivity (Wildman–Crippen MR) is 68.0 cm³/mol. The molecule has 9 heteroatoms. The Balaban J connectivity index is 2.63. The van der Waals surface area contributed by atoms with Crippen LogP contribution in [0.2, 0.25) is 0 Å². The Labute approximate surface area is 110 Å². The van der Waals surface area contributed by atoms with Gasteiger partial charge in [0, 0.05) is 18.7 Å². The summed E-state index contributed by atoms with van der Waals surface area (Å²) in [5.41, 5.74) is -0.163. The Kier molecular flexibility index (Phi) is 5.07. The van der Waals surface area contributed by atoms with Crippen LogP contribution in [-0.2, 0) is 10.0 Å². The highest BCUT2D eigenvalue weighted by Gasteiger charge is 2.15. The van der Waals surface area contributed by atoms with Gasteiger partial charge in [-0.1, -0.05) is 0 Å². The molecule has 0 aliphatic carbocycles. The lowest BCUT2D eigenvalue weighted by molar-refractivity contribution is -0.385. The fraction of sp³-hybridized carbons (Fsp3) is 0.400. The third-order valence-corrected chi connectivity index (χ3v) is 2.81. The molecule has 0 spiro atoms. The molecule has 0 atom stereocenters. The molecule has 1 N–H and O–H groups in total. The number of nitro groups is 1. The fourth-order valence-electron chi connectivity index (χ4n) is 1.29. The van der Waals surface area contributed by atoms with Crippen LogP contribution in [0.3, 0.4) is 0 Å². The lowest BCUT2D eigenvalue weighted by Gasteiger charge is -2.08. The number of hydrogen-bond donors (Lipinski definition) is 1. The molecule has 0 heterocycles. The van der Waals surface area contributed by atoms with E-state index >= 15 is 0 Å². The monoisotopic (exact) mass is 290 g/mol. The lowest BCUT2D eigenvalue weighted by Crippen LogP contribution is -2.26. The Morgan fingerprint density at radius 1 is 1.42 bits per heavy atom. The smallest absolute Gasteiger partial charge is 0.311 e. The van der Waals surface area contributed by atoms with Gasteiger partial charge in [-0.2, -0.15) is 0 Å². The molecule has 0 aliphatic rings. The van der Waals surface area contributed by atoms with Gasteiger partial charge in [-0.25, -0.2) is 13.1 Å². The second-order valence-corrected chi connectivity index (χ2v) is 5.44. The minimum Gasteiger partial charge on any atom is -0.492 e. The Morgan fingerprint density at radius 2 is 2.11 bits per heavy atom. The van der Waals surface area contributed by atoms with Crippen LogP contribution >= 0.6 is 0 Å². The molecule has 0 fully saturated rings. The molecule has 19 heavy (non-hydrogen) atoms. The maximum atomic E-state index is 10.8. The number of methoxy groups -OCH3 is 1. The summed E-state index contributed by atoms with van der Waals surface area (Å²) in [5.74, 6) is 0.441. The van der Waals surface area contributed by atoms with E-state index < -0.39 is 14.9 Å². The first kappa shape index (κ1) is 15.2. The molecular formula is C10H14N2O6S. The van der Waals surface area contributed by atoms with Gasteiger partial charge in [-0.05, 0) is 6.07 Å². The molecule has 0 unspecified atom stereocenters. The summed E-state index contributed by atoms with van der Waals surface area (Å²) in [4.78, 5) is 10.1. The number of nitrogens with one attached hydrogen (secondary N) is 1. The predicted octanol–water partition coefficient (Wildman–Crippen LogP) is 0.531. The summed E-state index contributed by atoms with van der Waals surface area (Å²) in [6.45, 7) is 0.214. The summed E-state index contributed by atoms with van der Waals surface area (Å²) < 4.78 is 34.0. The third-order valence-electron chi connectivity index (χ3n) is 2.08. The number of benzene rings is 1. The molecule has 0 aromatic heterocycles. The van der Waals surface area contributed by atoms with Crippen molar-refractivity contribution in [3.05, 3.63) is 28.3 Å². The van der Waals surface area contributed by atoms with Crippen molar-refractivity contribution in [3.8, 4) is 11.5 Å². The molecule has 8 nitrogen and oxygen atoms in total. The molecule has 0 bridgehead atoms. The van der Waals surface area contributed by atoms with Gasteiger partial charge in [0.25, 0.3) is 0 Å². The molecule has 0 radical (unpaired) electrons. The van der Waals surface area contributed by atoms with Gasteiger partial charge in [-0.15, -0.1) is 0 Å². The Hall–Kier alpha value is -1.87. The van der Waals surface area contributed by atoms with Crippen molar-refractivity contribution >= 4 is 15.7 Å². The van der Waals surface area contributed by atoms with Crippen LogP contribution in [0.4, 0.5) is 5.69 Å². The number of sulfonamides is 1. The van der Waals surface area contributed by atoms with Gasteiger partial charge in [-0.3, -0.25) is 10.1 Å². The SMILES string of the molecule is COc1cc(OCCNS(C)(=O)=O)ccc1[N+](=O)[O-]. The standard InChI is InChI=1S/C10H14N2O6S/c1-17-10-7-8(3-4-9(10)12(13)14)18-6-5-11-19(2,15)16/h3-4,7,11H,5-6H2,1-2H3. The van der Waals surface area contributed by atoms with Crippen molar-refractivity contribution in [2.75, 3.05) is 26.5 Å². The number of nitrogens with zero attached hydrogens (tertiary/aromatic N) is 1. The van der Waals surface area contributed by atoms with E-state index in [0.29, 0.717) is 5.75 Å². The number of hydrogen-bond acceptors (Lipinski definition) is 6. The summed E-state index contributed by atoms with van der Waals surface area (Å²) in [7, 11) is -1.94. The van der Waals surface area contributed by atoms with Crippen LogP contribution in [0.5, 0.6) is 11.5 Å². The average Bonchev–Trinajstić information content (AvgIpc) is 2.33. The molecule has 0 aliphatic heterocycles. The molecular weight excluding hydrogens is 276 g/mol. The summed E-state index contributed by atoms with van der Waals surface area (Å²) in [6.07, 6.45) is 1.04. The lowest BCUT2D eigenvalue weighted by atomic mass is 10.3. The maximum Gasteiger partial charge on any atom is 0.311 e. The van der Waals surface area contributed by atoms with E-state index in [0.717, 1.165) is 6.26 Å². The molecule has 1 aromatic rings. The van der Waals surface area contributed by atoms with E-state index in [2.05, 4.69) is 4.72 Å². The van der Waals surface area contributed by atoms with Crippen molar-refractivity contribution in [2.24, 2.45) is 0 Å². The highest BCUT2D eigenvalue weighted by molar-refractivity contribution is 7.88. The molecule has 0 saturated heterocycles. The van der Waals surface area contributed by atoms with E-state index in [4.69, 9.17) is 9.47 Å². The molecule has 0 amide bonds. The third kappa shape index (κ3) is 5.10. The van der Waals surface area contributed by atoms with Gasteiger partial charge in [0.05, 0.1) is 18.3 Å². The van der Waals surface area contributed by atoms with Crippen molar-refractivity contribution < 1.29 is 22.8 Å². The minimum atomic E-state index is -3.25.